The Labute approximate surface area is 156 Å². The Kier molecular flexibility index (Phi) is 5.19. The highest BCUT2D eigenvalue weighted by atomic mass is 19.1. The van der Waals surface area contributed by atoms with Crippen molar-refractivity contribution in [2.24, 2.45) is 0 Å². The largest absolute Gasteiger partial charge is 0.497 e. The van der Waals surface area contributed by atoms with E-state index in [4.69, 9.17) is 14.7 Å². The number of ether oxygens (including phenoxy) is 2. The van der Waals surface area contributed by atoms with Crippen molar-refractivity contribution in [1.82, 2.24) is 0 Å². The maximum Gasteiger partial charge on any atom is 0.150 e. The highest BCUT2D eigenvalue weighted by Crippen LogP contribution is 2.39. The van der Waals surface area contributed by atoms with Gasteiger partial charge in [0.2, 0.25) is 0 Å². The predicted molar refractivity (Wildman–Crippen MR) is 96.0 cm³/mol. The molecule has 1 N–H and O–H groups in total. The van der Waals surface area contributed by atoms with E-state index in [9.17, 15) is 13.9 Å². The normalized spacial score (nSPS) is 15.9. The van der Waals surface area contributed by atoms with Gasteiger partial charge in [-0.05, 0) is 42.7 Å². The Morgan fingerprint density at radius 3 is 1.96 bits per heavy atom. The fourth-order valence-electron chi connectivity index (χ4n) is 3.40. The van der Waals surface area contributed by atoms with Gasteiger partial charge in [-0.2, -0.15) is 5.26 Å². The minimum absolute atomic E-state index is 0.0641. The van der Waals surface area contributed by atoms with Gasteiger partial charge in [-0.3, -0.25) is 0 Å². The molecule has 142 valence electrons. The number of methoxy groups -OCH3 is 2. The molecule has 3 rings (SSSR count). The van der Waals surface area contributed by atoms with Gasteiger partial charge >= 0.3 is 0 Å². The summed E-state index contributed by atoms with van der Waals surface area (Å²) < 4.78 is 39.0. The molecule has 0 unspecified atom stereocenters. The molecule has 0 saturated carbocycles. The molecule has 0 aliphatic carbocycles. The van der Waals surface area contributed by atoms with Crippen LogP contribution in [-0.2, 0) is 5.60 Å². The van der Waals surface area contributed by atoms with E-state index < -0.39 is 17.2 Å². The van der Waals surface area contributed by atoms with Crippen LogP contribution in [0, 0.1) is 23.0 Å². The van der Waals surface area contributed by atoms with Gasteiger partial charge in [0.25, 0.3) is 0 Å². The first-order valence-corrected chi connectivity index (χ1v) is 8.50. The fourth-order valence-corrected chi connectivity index (χ4v) is 3.40. The lowest BCUT2D eigenvalue weighted by Crippen LogP contribution is -2.43. The molecule has 1 heterocycles. The van der Waals surface area contributed by atoms with E-state index in [0.29, 0.717) is 17.1 Å². The second-order valence-corrected chi connectivity index (χ2v) is 6.52. The molecule has 2 aromatic carbocycles. The highest BCUT2D eigenvalue weighted by molar-refractivity contribution is 5.53. The zero-order valence-corrected chi connectivity index (χ0v) is 15.1. The lowest BCUT2D eigenvalue weighted by atomic mass is 9.84. The summed E-state index contributed by atoms with van der Waals surface area (Å²) in [6.45, 7) is 0.519. The minimum atomic E-state index is -1.15. The van der Waals surface area contributed by atoms with E-state index in [0.717, 1.165) is 12.1 Å². The number of hydrogen-bond acceptors (Lipinski definition) is 5. The number of aliphatic hydroxyl groups is 1. The van der Waals surface area contributed by atoms with E-state index in [-0.39, 0.29) is 37.2 Å². The lowest BCUT2D eigenvalue weighted by Gasteiger charge is -2.40. The molecule has 0 spiro atoms. The number of nitriles is 1. The second kappa shape index (κ2) is 7.41. The van der Waals surface area contributed by atoms with Crippen LogP contribution in [-0.4, -0.2) is 32.4 Å². The molecule has 1 saturated heterocycles. The van der Waals surface area contributed by atoms with Crippen molar-refractivity contribution < 1.29 is 23.4 Å². The lowest BCUT2D eigenvalue weighted by molar-refractivity contribution is 0.0112. The van der Waals surface area contributed by atoms with Crippen LogP contribution in [0.4, 0.5) is 14.5 Å². The van der Waals surface area contributed by atoms with Gasteiger partial charge in [0.05, 0.1) is 31.5 Å². The highest BCUT2D eigenvalue weighted by Gasteiger charge is 2.36. The molecule has 0 atom stereocenters. The smallest absolute Gasteiger partial charge is 0.150 e. The zero-order chi connectivity index (χ0) is 19.6. The van der Waals surface area contributed by atoms with Gasteiger partial charge in [-0.15, -0.1) is 0 Å². The van der Waals surface area contributed by atoms with E-state index in [1.54, 1.807) is 29.2 Å². The number of piperidine rings is 1. The van der Waals surface area contributed by atoms with Gasteiger partial charge in [-0.25, -0.2) is 8.78 Å². The van der Waals surface area contributed by atoms with Crippen molar-refractivity contribution in [1.29, 1.82) is 5.26 Å². The molecular weight excluding hydrogens is 354 g/mol. The van der Waals surface area contributed by atoms with Crippen LogP contribution in [0.5, 0.6) is 11.5 Å². The second-order valence-electron chi connectivity index (χ2n) is 6.52. The number of anilines is 1. The van der Waals surface area contributed by atoms with E-state index in [1.165, 1.54) is 14.2 Å². The molecule has 0 amide bonds. The van der Waals surface area contributed by atoms with Gasteiger partial charge in [0.1, 0.15) is 17.2 Å². The Bertz CT molecular complexity index is 842. The molecule has 1 aliphatic heterocycles. The van der Waals surface area contributed by atoms with E-state index in [1.807, 2.05) is 0 Å². The average Bonchev–Trinajstić information content (AvgIpc) is 2.68. The molecule has 0 aromatic heterocycles. The number of hydrogen-bond donors (Lipinski definition) is 1. The van der Waals surface area contributed by atoms with Crippen LogP contribution in [0.1, 0.15) is 24.0 Å². The maximum absolute atomic E-state index is 14.3. The molecule has 5 nitrogen and oxygen atoms in total. The Balaban J connectivity index is 1.84. The average molecular weight is 374 g/mol. The zero-order valence-electron chi connectivity index (χ0n) is 15.1. The molecule has 1 fully saturated rings. The number of rotatable bonds is 4. The third-order valence-corrected chi connectivity index (χ3v) is 4.94. The predicted octanol–water partition coefficient (Wildman–Crippen LogP) is 3.34. The summed E-state index contributed by atoms with van der Waals surface area (Å²) in [6, 6.07) is 8.96. The number of nitrogens with zero attached hydrogens (tertiary/aromatic N) is 2. The standard InChI is InChI=1S/C20H20F2N2O3/c1-26-15-9-14(10-16(11-15)27-2)20(25)3-5-24(6-4-20)19-17(21)7-13(12-23)8-18(19)22/h7-11,25H,3-6H2,1-2H3. The van der Waals surface area contributed by atoms with Crippen molar-refractivity contribution in [2.45, 2.75) is 18.4 Å². The summed E-state index contributed by atoms with van der Waals surface area (Å²) >= 11 is 0. The van der Waals surface area contributed by atoms with Gasteiger partial charge in [0.15, 0.2) is 11.6 Å². The summed E-state index contributed by atoms with van der Waals surface area (Å²) in [5, 5.41) is 19.9. The summed E-state index contributed by atoms with van der Waals surface area (Å²) in [5.41, 5.74) is -0.748. The maximum atomic E-state index is 14.3. The van der Waals surface area contributed by atoms with Crippen LogP contribution < -0.4 is 14.4 Å². The van der Waals surface area contributed by atoms with Gasteiger partial charge in [-0.1, -0.05) is 0 Å². The quantitative estimate of drug-likeness (QED) is 0.889. The molecule has 2 aromatic rings. The third kappa shape index (κ3) is 3.67. The molecule has 0 radical (unpaired) electrons. The number of benzene rings is 2. The summed E-state index contributed by atoms with van der Waals surface area (Å²) in [6.07, 6.45) is 0.560. The molecular formula is C20H20F2N2O3. The fraction of sp³-hybridized carbons (Fsp3) is 0.350. The van der Waals surface area contributed by atoms with Gasteiger partial charge < -0.3 is 19.5 Å². The monoisotopic (exact) mass is 374 g/mol. The summed E-state index contributed by atoms with van der Waals surface area (Å²) in [5.74, 6) is -0.436. The molecule has 1 aliphatic rings. The Morgan fingerprint density at radius 2 is 1.52 bits per heavy atom. The molecule has 0 bridgehead atoms. The van der Waals surface area contributed by atoms with Crippen LogP contribution in [0.3, 0.4) is 0 Å². The molecule has 27 heavy (non-hydrogen) atoms. The minimum Gasteiger partial charge on any atom is -0.497 e. The van der Waals surface area contributed by atoms with Crippen molar-refractivity contribution in [2.75, 3.05) is 32.2 Å². The topological polar surface area (TPSA) is 65.7 Å². The van der Waals surface area contributed by atoms with Crippen molar-refractivity contribution in [3.63, 3.8) is 0 Å². The molecule has 7 heteroatoms. The SMILES string of the molecule is COc1cc(OC)cc(C2(O)CCN(c3c(F)cc(C#N)cc3F)CC2)c1. The van der Waals surface area contributed by atoms with Gasteiger partial charge in [0, 0.05) is 19.2 Å². The third-order valence-electron chi connectivity index (χ3n) is 4.94. The first kappa shape index (κ1) is 18.9. The van der Waals surface area contributed by atoms with E-state index in [2.05, 4.69) is 0 Å². The first-order chi connectivity index (χ1) is 12.9. The Morgan fingerprint density at radius 1 is 1.00 bits per heavy atom. The van der Waals surface area contributed by atoms with E-state index >= 15 is 0 Å². The van der Waals surface area contributed by atoms with Crippen molar-refractivity contribution in [3.05, 3.63) is 53.1 Å². The van der Waals surface area contributed by atoms with Crippen molar-refractivity contribution in [3.8, 4) is 17.6 Å². The number of halogens is 2. The van der Waals surface area contributed by atoms with Crippen LogP contribution in [0.15, 0.2) is 30.3 Å². The van der Waals surface area contributed by atoms with Crippen LogP contribution >= 0.6 is 0 Å². The summed E-state index contributed by atoms with van der Waals surface area (Å²) in [4.78, 5) is 1.55. The Hall–Kier alpha value is -2.85. The van der Waals surface area contributed by atoms with Crippen molar-refractivity contribution >= 4 is 5.69 Å². The first-order valence-electron chi connectivity index (χ1n) is 8.50. The van der Waals surface area contributed by atoms with Crippen LogP contribution in [0.2, 0.25) is 0 Å². The van der Waals surface area contributed by atoms with Crippen LogP contribution in [0.25, 0.3) is 0 Å². The summed E-state index contributed by atoms with van der Waals surface area (Å²) in [7, 11) is 3.06.